The number of likely N-dealkylation sites (tertiary alicyclic amines) is 1. The van der Waals surface area contributed by atoms with E-state index < -0.39 is 5.37 Å². The monoisotopic (exact) mass is 253 g/mol. The first-order valence-corrected chi connectivity index (χ1v) is 6.12. The summed E-state index contributed by atoms with van der Waals surface area (Å²) in [5.74, 6) is 0.872. The van der Waals surface area contributed by atoms with E-state index in [1.165, 1.54) is 11.1 Å². The van der Waals surface area contributed by atoms with Crippen LogP contribution in [0.1, 0.15) is 17.5 Å². The standard InChI is InChI=1S/C13H16ClNO2/c1-9-5-10(2)7-12(6-9)17-11-3-4-15(8-11)13(14)16/h5-7,11H,3-4,8H2,1-2H3. The van der Waals surface area contributed by atoms with Crippen LogP contribution < -0.4 is 4.74 Å². The number of ether oxygens (including phenoxy) is 1. The number of hydrogen-bond donors (Lipinski definition) is 0. The van der Waals surface area contributed by atoms with Gasteiger partial charge in [0.2, 0.25) is 0 Å². The van der Waals surface area contributed by atoms with Crippen LogP contribution in [-0.2, 0) is 0 Å². The first-order valence-electron chi connectivity index (χ1n) is 5.74. The number of amides is 1. The molecule has 1 saturated heterocycles. The fourth-order valence-electron chi connectivity index (χ4n) is 2.18. The van der Waals surface area contributed by atoms with Crippen LogP contribution in [0.5, 0.6) is 5.75 Å². The van der Waals surface area contributed by atoms with Gasteiger partial charge in [0.1, 0.15) is 11.9 Å². The molecule has 4 heteroatoms. The number of nitrogens with zero attached hydrogens (tertiary/aromatic N) is 1. The summed E-state index contributed by atoms with van der Waals surface area (Å²) in [6.45, 7) is 5.35. The summed E-state index contributed by atoms with van der Waals surface area (Å²) < 4.78 is 5.86. The minimum atomic E-state index is -0.392. The van der Waals surface area contributed by atoms with Crippen molar-refractivity contribution >= 4 is 17.0 Å². The highest BCUT2D eigenvalue weighted by molar-refractivity contribution is 6.62. The molecular weight excluding hydrogens is 238 g/mol. The highest BCUT2D eigenvalue weighted by Crippen LogP contribution is 2.21. The van der Waals surface area contributed by atoms with Crippen LogP contribution in [0.25, 0.3) is 0 Å². The summed E-state index contributed by atoms with van der Waals surface area (Å²) in [7, 11) is 0. The molecule has 1 amide bonds. The molecule has 0 radical (unpaired) electrons. The minimum Gasteiger partial charge on any atom is -0.488 e. The molecule has 1 heterocycles. The lowest BCUT2D eigenvalue weighted by Crippen LogP contribution is -2.26. The highest BCUT2D eigenvalue weighted by Gasteiger charge is 2.26. The molecule has 0 aliphatic carbocycles. The molecule has 1 atom stereocenters. The Kier molecular flexibility index (Phi) is 3.57. The van der Waals surface area contributed by atoms with Crippen molar-refractivity contribution in [3.8, 4) is 5.75 Å². The van der Waals surface area contributed by atoms with Crippen LogP contribution in [-0.4, -0.2) is 29.5 Å². The summed E-state index contributed by atoms with van der Waals surface area (Å²) in [6.07, 6.45) is 0.893. The molecule has 1 unspecified atom stereocenters. The molecule has 0 spiro atoms. The Morgan fingerprint density at radius 1 is 1.35 bits per heavy atom. The lowest BCUT2D eigenvalue weighted by atomic mass is 10.1. The first kappa shape index (κ1) is 12.2. The summed E-state index contributed by atoms with van der Waals surface area (Å²) in [5, 5.41) is -0.392. The molecule has 1 aliphatic heterocycles. The van der Waals surface area contributed by atoms with Crippen molar-refractivity contribution in [2.45, 2.75) is 26.4 Å². The summed E-state index contributed by atoms with van der Waals surface area (Å²) in [6, 6.07) is 6.13. The zero-order chi connectivity index (χ0) is 12.4. The second kappa shape index (κ2) is 4.96. The van der Waals surface area contributed by atoms with Crippen LogP contribution in [0, 0.1) is 13.8 Å². The van der Waals surface area contributed by atoms with E-state index in [2.05, 4.69) is 6.07 Å². The van der Waals surface area contributed by atoms with E-state index in [1.54, 1.807) is 4.90 Å². The Morgan fingerprint density at radius 3 is 2.53 bits per heavy atom. The van der Waals surface area contributed by atoms with Crippen molar-refractivity contribution in [3.63, 3.8) is 0 Å². The highest BCUT2D eigenvalue weighted by atomic mass is 35.5. The third kappa shape index (κ3) is 3.13. The maximum absolute atomic E-state index is 11.0. The fraction of sp³-hybridized carbons (Fsp3) is 0.462. The third-order valence-corrected chi connectivity index (χ3v) is 3.13. The lowest BCUT2D eigenvalue weighted by Gasteiger charge is -2.15. The Hall–Kier alpha value is -1.22. The number of halogens is 1. The number of aryl methyl sites for hydroxylation is 2. The summed E-state index contributed by atoms with van der Waals surface area (Å²) >= 11 is 5.43. The molecule has 0 bridgehead atoms. The van der Waals surface area contributed by atoms with Gasteiger partial charge in [-0.3, -0.25) is 4.79 Å². The number of rotatable bonds is 2. The number of benzene rings is 1. The molecule has 1 aromatic carbocycles. The van der Waals surface area contributed by atoms with Gasteiger partial charge in [-0.1, -0.05) is 6.07 Å². The number of carbonyl (C=O) groups excluding carboxylic acids is 1. The minimum absolute atomic E-state index is 0.0545. The molecular formula is C13H16ClNO2. The second-order valence-electron chi connectivity index (χ2n) is 4.55. The summed E-state index contributed by atoms with van der Waals surface area (Å²) in [4.78, 5) is 12.6. The molecule has 1 aliphatic rings. The van der Waals surface area contributed by atoms with Gasteiger partial charge in [0.25, 0.3) is 0 Å². The third-order valence-electron chi connectivity index (χ3n) is 2.89. The van der Waals surface area contributed by atoms with Crippen molar-refractivity contribution in [1.82, 2.24) is 4.90 Å². The molecule has 0 saturated carbocycles. The number of hydrogen-bond acceptors (Lipinski definition) is 2. The van der Waals surface area contributed by atoms with Gasteiger partial charge in [-0.05, 0) is 48.7 Å². The van der Waals surface area contributed by atoms with Gasteiger partial charge < -0.3 is 9.64 Å². The molecule has 0 aromatic heterocycles. The van der Waals surface area contributed by atoms with E-state index in [0.717, 1.165) is 12.2 Å². The predicted molar refractivity (Wildman–Crippen MR) is 67.8 cm³/mol. The smallest absolute Gasteiger partial charge is 0.316 e. The largest absolute Gasteiger partial charge is 0.488 e. The Bertz CT molecular complexity index is 413. The van der Waals surface area contributed by atoms with Gasteiger partial charge in [0.15, 0.2) is 0 Å². The van der Waals surface area contributed by atoms with Crippen molar-refractivity contribution in [2.75, 3.05) is 13.1 Å². The van der Waals surface area contributed by atoms with E-state index in [-0.39, 0.29) is 6.10 Å². The normalized spacial score (nSPS) is 19.5. The maximum Gasteiger partial charge on any atom is 0.316 e. The topological polar surface area (TPSA) is 29.5 Å². The molecule has 1 aromatic rings. The molecule has 3 nitrogen and oxygen atoms in total. The van der Waals surface area contributed by atoms with E-state index >= 15 is 0 Å². The van der Waals surface area contributed by atoms with Crippen molar-refractivity contribution < 1.29 is 9.53 Å². The van der Waals surface area contributed by atoms with Gasteiger partial charge in [-0.25, -0.2) is 0 Å². The predicted octanol–water partition coefficient (Wildman–Crippen LogP) is 3.12. The zero-order valence-corrected chi connectivity index (χ0v) is 10.8. The van der Waals surface area contributed by atoms with Crippen LogP contribution >= 0.6 is 11.6 Å². The van der Waals surface area contributed by atoms with Crippen molar-refractivity contribution in [2.24, 2.45) is 0 Å². The fourth-order valence-corrected chi connectivity index (χ4v) is 2.33. The van der Waals surface area contributed by atoms with Gasteiger partial charge in [-0.15, -0.1) is 0 Å². The molecule has 92 valence electrons. The summed E-state index contributed by atoms with van der Waals surface area (Å²) in [5.41, 5.74) is 2.37. The van der Waals surface area contributed by atoms with Crippen LogP contribution in [0.15, 0.2) is 18.2 Å². The van der Waals surface area contributed by atoms with Crippen molar-refractivity contribution in [1.29, 1.82) is 0 Å². The van der Waals surface area contributed by atoms with Gasteiger partial charge >= 0.3 is 5.37 Å². The van der Waals surface area contributed by atoms with E-state index in [1.807, 2.05) is 26.0 Å². The first-order chi connectivity index (χ1) is 8.04. The van der Waals surface area contributed by atoms with E-state index in [4.69, 9.17) is 16.3 Å². The molecule has 1 fully saturated rings. The second-order valence-corrected chi connectivity index (χ2v) is 4.87. The number of carbonyl (C=O) groups is 1. The lowest BCUT2D eigenvalue weighted by molar-refractivity contribution is 0.199. The SMILES string of the molecule is Cc1cc(C)cc(OC2CCN(C(=O)Cl)C2)c1. The Morgan fingerprint density at radius 2 is 2.00 bits per heavy atom. The average molecular weight is 254 g/mol. The van der Waals surface area contributed by atoms with E-state index in [0.29, 0.717) is 13.1 Å². The van der Waals surface area contributed by atoms with E-state index in [9.17, 15) is 4.79 Å². The quantitative estimate of drug-likeness (QED) is 0.599. The van der Waals surface area contributed by atoms with Crippen LogP contribution in [0.2, 0.25) is 0 Å². The van der Waals surface area contributed by atoms with Crippen molar-refractivity contribution in [3.05, 3.63) is 29.3 Å². The van der Waals surface area contributed by atoms with Gasteiger partial charge in [-0.2, -0.15) is 0 Å². The Balaban J connectivity index is 2.00. The zero-order valence-electron chi connectivity index (χ0n) is 10.1. The van der Waals surface area contributed by atoms with Gasteiger partial charge in [0, 0.05) is 13.0 Å². The maximum atomic E-state index is 11.0. The van der Waals surface area contributed by atoms with Crippen LogP contribution in [0.3, 0.4) is 0 Å². The molecule has 2 rings (SSSR count). The van der Waals surface area contributed by atoms with Crippen LogP contribution in [0.4, 0.5) is 4.79 Å². The Labute approximate surface area is 106 Å². The molecule has 17 heavy (non-hydrogen) atoms. The average Bonchev–Trinajstić information content (AvgIpc) is 2.64. The van der Waals surface area contributed by atoms with Gasteiger partial charge in [0.05, 0.1) is 6.54 Å². The molecule has 0 N–H and O–H groups in total.